The number of hydrogen-bond acceptors (Lipinski definition) is 4. The summed E-state index contributed by atoms with van der Waals surface area (Å²) >= 11 is 7.81. The predicted molar refractivity (Wildman–Crippen MR) is 71.6 cm³/mol. The SMILES string of the molecule is CNC(Cc1csc(C)n1)c1ncccc1Cl. The lowest BCUT2D eigenvalue weighted by atomic mass is 10.1. The number of pyridine rings is 1. The van der Waals surface area contributed by atoms with Gasteiger partial charge in [-0.05, 0) is 26.1 Å². The van der Waals surface area contributed by atoms with Gasteiger partial charge in [-0.2, -0.15) is 0 Å². The fraction of sp³-hybridized carbons (Fsp3) is 0.333. The minimum absolute atomic E-state index is 0.102. The number of likely N-dealkylation sites (N-methyl/N-ethyl adjacent to an activating group) is 1. The Labute approximate surface area is 110 Å². The molecule has 0 bridgehead atoms. The van der Waals surface area contributed by atoms with Crippen molar-refractivity contribution in [2.24, 2.45) is 0 Å². The first-order valence-electron chi connectivity index (χ1n) is 5.39. The van der Waals surface area contributed by atoms with Gasteiger partial charge in [-0.1, -0.05) is 11.6 Å². The van der Waals surface area contributed by atoms with Crippen LogP contribution in [-0.2, 0) is 6.42 Å². The molecule has 2 rings (SSSR count). The smallest absolute Gasteiger partial charge is 0.0897 e. The fourth-order valence-corrected chi connectivity index (χ4v) is 2.58. The second kappa shape index (κ2) is 5.58. The molecule has 0 aliphatic carbocycles. The van der Waals surface area contributed by atoms with Crippen molar-refractivity contribution in [1.82, 2.24) is 15.3 Å². The topological polar surface area (TPSA) is 37.8 Å². The highest BCUT2D eigenvalue weighted by molar-refractivity contribution is 7.09. The summed E-state index contributed by atoms with van der Waals surface area (Å²) < 4.78 is 0. The highest BCUT2D eigenvalue weighted by Crippen LogP contribution is 2.23. The van der Waals surface area contributed by atoms with Crippen LogP contribution in [0.25, 0.3) is 0 Å². The summed E-state index contributed by atoms with van der Waals surface area (Å²) in [5.41, 5.74) is 1.95. The third-order valence-corrected chi connectivity index (χ3v) is 3.69. The predicted octanol–water partition coefficient (Wildman–Crippen LogP) is 3.00. The molecule has 90 valence electrons. The third kappa shape index (κ3) is 3.03. The van der Waals surface area contributed by atoms with Crippen molar-refractivity contribution >= 4 is 22.9 Å². The molecule has 1 atom stereocenters. The molecule has 2 heterocycles. The van der Waals surface area contributed by atoms with Crippen LogP contribution in [-0.4, -0.2) is 17.0 Å². The maximum absolute atomic E-state index is 6.15. The minimum atomic E-state index is 0.102. The molecule has 0 radical (unpaired) electrons. The molecule has 3 nitrogen and oxygen atoms in total. The van der Waals surface area contributed by atoms with Gasteiger partial charge >= 0.3 is 0 Å². The van der Waals surface area contributed by atoms with E-state index in [0.29, 0.717) is 5.02 Å². The summed E-state index contributed by atoms with van der Waals surface area (Å²) in [5, 5.41) is 7.09. The van der Waals surface area contributed by atoms with Gasteiger partial charge in [0.15, 0.2) is 0 Å². The molecule has 2 aromatic rings. The van der Waals surface area contributed by atoms with E-state index in [1.807, 2.05) is 26.1 Å². The zero-order valence-electron chi connectivity index (χ0n) is 9.77. The molecule has 5 heteroatoms. The zero-order chi connectivity index (χ0) is 12.3. The molecule has 2 aromatic heterocycles. The first kappa shape index (κ1) is 12.5. The van der Waals surface area contributed by atoms with E-state index in [9.17, 15) is 0 Å². The fourth-order valence-electron chi connectivity index (χ4n) is 1.70. The third-order valence-electron chi connectivity index (χ3n) is 2.55. The quantitative estimate of drug-likeness (QED) is 0.925. The molecule has 0 amide bonds. The van der Waals surface area contributed by atoms with E-state index in [2.05, 4.69) is 20.7 Å². The minimum Gasteiger partial charge on any atom is -0.311 e. The van der Waals surface area contributed by atoms with Crippen molar-refractivity contribution in [3.05, 3.63) is 45.1 Å². The van der Waals surface area contributed by atoms with Crippen molar-refractivity contribution in [2.45, 2.75) is 19.4 Å². The van der Waals surface area contributed by atoms with Crippen molar-refractivity contribution in [2.75, 3.05) is 7.05 Å². The molecule has 1 N–H and O–H groups in total. The van der Waals surface area contributed by atoms with Crippen LogP contribution in [0, 0.1) is 6.92 Å². The lowest BCUT2D eigenvalue weighted by Gasteiger charge is -2.15. The monoisotopic (exact) mass is 267 g/mol. The molecule has 0 saturated carbocycles. The number of aromatic nitrogens is 2. The summed E-state index contributed by atoms with van der Waals surface area (Å²) in [4.78, 5) is 8.79. The van der Waals surface area contributed by atoms with Gasteiger partial charge in [-0.3, -0.25) is 4.98 Å². The zero-order valence-corrected chi connectivity index (χ0v) is 11.3. The van der Waals surface area contributed by atoms with Gasteiger partial charge in [-0.15, -0.1) is 11.3 Å². The summed E-state index contributed by atoms with van der Waals surface area (Å²) in [6.07, 6.45) is 2.56. The summed E-state index contributed by atoms with van der Waals surface area (Å²) in [6.45, 7) is 2.01. The Morgan fingerprint density at radius 3 is 2.94 bits per heavy atom. The lowest BCUT2D eigenvalue weighted by molar-refractivity contribution is 0.570. The molecule has 0 aliphatic heterocycles. The lowest BCUT2D eigenvalue weighted by Crippen LogP contribution is -2.20. The van der Waals surface area contributed by atoms with Crippen LogP contribution in [0.1, 0.15) is 22.4 Å². The van der Waals surface area contributed by atoms with Gasteiger partial charge in [0.05, 0.1) is 27.5 Å². The Morgan fingerprint density at radius 1 is 1.53 bits per heavy atom. The Balaban J connectivity index is 2.20. The van der Waals surface area contributed by atoms with Crippen LogP contribution in [0.4, 0.5) is 0 Å². The molecular formula is C12H14ClN3S. The number of thiazole rings is 1. The molecule has 17 heavy (non-hydrogen) atoms. The van der Waals surface area contributed by atoms with Crippen LogP contribution in [0.3, 0.4) is 0 Å². The second-order valence-corrected chi connectivity index (χ2v) is 5.24. The number of aryl methyl sites for hydroxylation is 1. The Hall–Kier alpha value is -0.970. The van der Waals surface area contributed by atoms with E-state index in [-0.39, 0.29) is 6.04 Å². The van der Waals surface area contributed by atoms with E-state index in [1.165, 1.54) is 0 Å². The van der Waals surface area contributed by atoms with Gasteiger partial charge in [-0.25, -0.2) is 4.98 Å². The highest BCUT2D eigenvalue weighted by atomic mass is 35.5. The van der Waals surface area contributed by atoms with Crippen LogP contribution in [0.5, 0.6) is 0 Å². The largest absolute Gasteiger partial charge is 0.311 e. The van der Waals surface area contributed by atoms with Crippen molar-refractivity contribution in [3.63, 3.8) is 0 Å². The Kier molecular flexibility index (Phi) is 4.10. The maximum Gasteiger partial charge on any atom is 0.0897 e. The van der Waals surface area contributed by atoms with Gasteiger partial charge in [0.2, 0.25) is 0 Å². The van der Waals surface area contributed by atoms with Gasteiger partial charge < -0.3 is 5.32 Å². The first-order chi connectivity index (χ1) is 8.20. The van der Waals surface area contributed by atoms with Crippen molar-refractivity contribution in [1.29, 1.82) is 0 Å². The molecule has 0 aromatic carbocycles. The Bertz CT molecular complexity index is 498. The van der Waals surface area contributed by atoms with E-state index in [0.717, 1.165) is 22.8 Å². The molecular weight excluding hydrogens is 254 g/mol. The summed E-state index contributed by atoms with van der Waals surface area (Å²) in [6, 6.07) is 3.80. The van der Waals surface area contributed by atoms with Crippen molar-refractivity contribution < 1.29 is 0 Å². The van der Waals surface area contributed by atoms with Gasteiger partial charge in [0.25, 0.3) is 0 Å². The number of halogens is 1. The highest BCUT2D eigenvalue weighted by Gasteiger charge is 2.15. The molecule has 1 unspecified atom stereocenters. The van der Waals surface area contributed by atoms with Crippen LogP contribution in [0.2, 0.25) is 5.02 Å². The van der Waals surface area contributed by atoms with E-state index in [1.54, 1.807) is 17.5 Å². The number of nitrogens with one attached hydrogen (secondary N) is 1. The van der Waals surface area contributed by atoms with Crippen LogP contribution in [0.15, 0.2) is 23.7 Å². The normalized spacial score (nSPS) is 12.6. The molecule has 0 spiro atoms. The molecule has 0 fully saturated rings. The van der Waals surface area contributed by atoms with Gasteiger partial charge in [0.1, 0.15) is 0 Å². The van der Waals surface area contributed by atoms with E-state index >= 15 is 0 Å². The van der Waals surface area contributed by atoms with E-state index in [4.69, 9.17) is 11.6 Å². The first-order valence-corrected chi connectivity index (χ1v) is 6.65. The second-order valence-electron chi connectivity index (χ2n) is 3.77. The molecule has 0 aliphatic rings. The van der Waals surface area contributed by atoms with E-state index < -0.39 is 0 Å². The Morgan fingerprint density at radius 2 is 2.35 bits per heavy atom. The molecule has 0 saturated heterocycles. The summed E-state index contributed by atoms with van der Waals surface area (Å²) in [5.74, 6) is 0. The maximum atomic E-state index is 6.15. The van der Waals surface area contributed by atoms with Crippen molar-refractivity contribution in [3.8, 4) is 0 Å². The average molecular weight is 268 g/mol. The van der Waals surface area contributed by atoms with Crippen LogP contribution >= 0.6 is 22.9 Å². The van der Waals surface area contributed by atoms with Crippen LogP contribution < -0.4 is 5.32 Å². The van der Waals surface area contributed by atoms with Gasteiger partial charge in [0, 0.05) is 18.0 Å². The average Bonchev–Trinajstić information content (AvgIpc) is 2.73. The number of nitrogens with zero attached hydrogens (tertiary/aromatic N) is 2. The number of hydrogen-bond donors (Lipinski definition) is 1. The standard InChI is InChI=1S/C12H14ClN3S/c1-8-16-9(7-17-8)6-11(14-2)12-10(13)4-3-5-15-12/h3-5,7,11,14H,6H2,1-2H3. The summed E-state index contributed by atoms with van der Waals surface area (Å²) in [7, 11) is 1.91. The number of rotatable bonds is 4.